The molecule has 0 heterocycles. The lowest BCUT2D eigenvalue weighted by Gasteiger charge is -2.14. The Kier molecular flexibility index (Phi) is 2.06. The minimum atomic E-state index is -3.44. The third-order valence-corrected chi connectivity index (χ3v) is 3.86. The molecule has 0 unspecified atom stereocenters. The van der Waals surface area contributed by atoms with Crippen molar-refractivity contribution >= 4 is 9.84 Å². The quantitative estimate of drug-likeness (QED) is 0.781. The number of phenolic OH excluding ortho intramolecular Hbond substituents is 1. The van der Waals surface area contributed by atoms with Gasteiger partial charge >= 0.3 is 0 Å². The van der Waals surface area contributed by atoms with E-state index in [1.165, 1.54) is 6.07 Å². The second kappa shape index (κ2) is 2.96. The molecule has 0 amide bonds. The largest absolute Gasteiger partial charge is 0.507 e. The molecule has 3 N–H and O–H groups in total. The normalized spacial score (nSPS) is 18.8. The molecule has 1 fully saturated rings. The van der Waals surface area contributed by atoms with E-state index in [0.29, 0.717) is 5.56 Å². The number of rotatable bonds is 2. The van der Waals surface area contributed by atoms with Gasteiger partial charge in [0.15, 0.2) is 9.84 Å². The van der Waals surface area contributed by atoms with Gasteiger partial charge in [-0.2, -0.15) is 0 Å². The van der Waals surface area contributed by atoms with Gasteiger partial charge in [-0.3, -0.25) is 0 Å². The summed E-state index contributed by atoms with van der Waals surface area (Å²) in [6, 6.07) is 4.65. The lowest BCUT2D eigenvalue weighted by atomic mass is 10.1. The van der Waals surface area contributed by atoms with Crippen molar-refractivity contribution < 1.29 is 13.5 Å². The molecule has 1 aliphatic carbocycles. The van der Waals surface area contributed by atoms with Crippen molar-refractivity contribution in [1.29, 1.82) is 0 Å². The highest BCUT2D eigenvalue weighted by Crippen LogP contribution is 2.46. The lowest BCUT2D eigenvalue weighted by Crippen LogP contribution is -2.21. The van der Waals surface area contributed by atoms with Gasteiger partial charge in [0.25, 0.3) is 0 Å². The number of aromatic hydroxyl groups is 1. The van der Waals surface area contributed by atoms with Crippen LogP contribution in [0.25, 0.3) is 0 Å². The van der Waals surface area contributed by atoms with Gasteiger partial charge in [-0.1, -0.05) is 12.1 Å². The second-order valence-electron chi connectivity index (χ2n) is 4.08. The Bertz CT molecular complexity index is 503. The molecule has 2 rings (SSSR count). The van der Waals surface area contributed by atoms with E-state index < -0.39 is 15.4 Å². The van der Waals surface area contributed by atoms with Crippen LogP contribution in [0.15, 0.2) is 23.1 Å². The number of benzene rings is 1. The smallest absolute Gasteiger partial charge is 0.179 e. The van der Waals surface area contributed by atoms with Gasteiger partial charge in [-0.05, 0) is 24.5 Å². The van der Waals surface area contributed by atoms with E-state index in [0.717, 1.165) is 19.1 Å². The fourth-order valence-corrected chi connectivity index (χ4v) is 2.83. The first kappa shape index (κ1) is 10.4. The fraction of sp³-hybridized carbons (Fsp3) is 0.400. The SMILES string of the molecule is CS(=O)(=O)c1c(O)cccc1C1(N)CC1. The van der Waals surface area contributed by atoms with Crippen molar-refractivity contribution in [2.45, 2.75) is 23.3 Å². The monoisotopic (exact) mass is 227 g/mol. The first-order valence-corrected chi connectivity index (χ1v) is 6.55. The van der Waals surface area contributed by atoms with E-state index in [4.69, 9.17) is 5.73 Å². The topological polar surface area (TPSA) is 80.4 Å². The third kappa shape index (κ3) is 1.72. The number of sulfone groups is 1. The zero-order chi connectivity index (χ0) is 11.3. The van der Waals surface area contributed by atoms with Crippen LogP contribution in [-0.4, -0.2) is 19.8 Å². The molecule has 4 nitrogen and oxygen atoms in total. The third-order valence-electron chi connectivity index (χ3n) is 2.69. The summed E-state index contributed by atoms with van der Waals surface area (Å²) >= 11 is 0. The highest BCUT2D eigenvalue weighted by molar-refractivity contribution is 7.90. The van der Waals surface area contributed by atoms with Crippen LogP contribution >= 0.6 is 0 Å². The van der Waals surface area contributed by atoms with Gasteiger partial charge in [0, 0.05) is 11.8 Å². The van der Waals surface area contributed by atoms with E-state index in [-0.39, 0.29) is 10.6 Å². The summed E-state index contributed by atoms with van der Waals surface area (Å²) in [7, 11) is -3.44. The highest BCUT2D eigenvalue weighted by atomic mass is 32.2. The molecular formula is C10H13NO3S. The minimum absolute atomic E-state index is 0.0231. The molecule has 0 radical (unpaired) electrons. The Balaban J connectivity index is 2.71. The Hall–Kier alpha value is -1.07. The Labute approximate surface area is 88.6 Å². The zero-order valence-corrected chi connectivity index (χ0v) is 9.21. The number of hydrogen-bond donors (Lipinski definition) is 2. The summed E-state index contributed by atoms with van der Waals surface area (Å²) in [5.41, 5.74) is 5.93. The average Bonchev–Trinajstić information content (AvgIpc) is 2.82. The van der Waals surface area contributed by atoms with Crippen molar-refractivity contribution in [1.82, 2.24) is 0 Å². The van der Waals surface area contributed by atoms with Crippen LogP contribution in [0.4, 0.5) is 0 Å². The Morgan fingerprint density at radius 2 is 2.00 bits per heavy atom. The molecule has 15 heavy (non-hydrogen) atoms. The van der Waals surface area contributed by atoms with E-state index in [1.54, 1.807) is 12.1 Å². The van der Waals surface area contributed by atoms with E-state index >= 15 is 0 Å². The number of phenols is 1. The minimum Gasteiger partial charge on any atom is -0.507 e. The standard InChI is InChI=1S/C10H13NO3S/c1-15(13,14)9-7(10(11)5-6-10)3-2-4-8(9)12/h2-4,12H,5-6,11H2,1H3. The van der Waals surface area contributed by atoms with E-state index in [9.17, 15) is 13.5 Å². The number of nitrogens with two attached hydrogens (primary N) is 1. The maximum atomic E-state index is 11.5. The molecule has 0 spiro atoms. The zero-order valence-electron chi connectivity index (χ0n) is 8.40. The predicted octanol–water partition coefficient (Wildman–Crippen LogP) is 0.744. The van der Waals surface area contributed by atoms with Crippen molar-refractivity contribution in [2.75, 3.05) is 6.26 Å². The van der Waals surface area contributed by atoms with Crippen LogP contribution in [0.2, 0.25) is 0 Å². The molecule has 0 atom stereocenters. The lowest BCUT2D eigenvalue weighted by molar-refractivity contribution is 0.454. The summed E-state index contributed by atoms with van der Waals surface area (Å²) in [5, 5.41) is 9.58. The van der Waals surface area contributed by atoms with Gasteiger partial charge < -0.3 is 10.8 Å². The van der Waals surface area contributed by atoms with Gasteiger partial charge in [-0.15, -0.1) is 0 Å². The molecule has 5 heteroatoms. The number of hydrogen-bond acceptors (Lipinski definition) is 4. The van der Waals surface area contributed by atoms with Crippen molar-refractivity contribution in [3.8, 4) is 5.75 Å². The molecular weight excluding hydrogens is 214 g/mol. The molecule has 0 aromatic heterocycles. The molecule has 0 saturated heterocycles. The predicted molar refractivity (Wildman–Crippen MR) is 56.3 cm³/mol. The second-order valence-corrected chi connectivity index (χ2v) is 6.03. The first-order valence-electron chi connectivity index (χ1n) is 4.66. The molecule has 1 saturated carbocycles. The Morgan fingerprint density at radius 3 is 2.47 bits per heavy atom. The van der Waals surface area contributed by atoms with Gasteiger partial charge in [0.1, 0.15) is 10.6 Å². The van der Waals surface area contributed by atoms with Crippen molar-refractivity contribution in [3.05, 3.63) is 23.8 Å². The van der Waals surface area contributed by atoms with Crippen LogP contribution in [0.5, 0.6) is 5.75 Å². The first-order chi connectivity index (χ1) is 6.84. The molecule has 0 aliphatic heterocycles. The van der Waals surface area contributed by atoms with Gasteiger partial charge in [0.05, 0.1) is 0 Å². The molecule has 1 aliphatic rings. The molecule has 1 aromatic rings. The van der Waals surface area contributed by atoms with Crippen LogP contribution in [0.3, 0.4) is 0 Å². The van der Waals surface area contributed by atoms with Crippen LogP contribution in [0, 0.1) is 0 Å². The van der Waals surface area contributed by atoms with E-state index in [1.807, 2.05) is 0 Å². The summed E-state index contributed by atoms with van der Waals surface area (Å²) < 4.78 is 23.1. The molecule has 0 bridgehead atoms. The fourth-order valence-electron chi connectivity index (χ4n) is 1.71. The van der Waals surface area contributed by atoms with Crippen molar-refractivity contribution in [3.63, 3.8) is 0 Å². The van der Waals surface area contributed by atoms with Gasteiger partial charge in [0.2, 0.25) is 0 Å². The molecule has 1 aromatic carbocycles. The van der Waals surface area contributed by atoms with Crippen LogP contribution in [0.1, 0.15) is 18.4 Å². The summed E-state index contributed by atoms with van der Waals surface area (Å²) in [6.07, 6.45) is 2.61. The van der Waals surface area contributed by atoms with Crippen LogP contribution in [-0.2, 0) is 15.4 Å². The van der Waals surface area contributed by atoms with Crippen molar-refractivity contribution in [2.24, 2.45) is 5.73 Å². The Morgan fingerprint density at radius 1 is 1.40 bits per heavy atom. The summed E-state index contributed by atoms with van der Waals surface area (Å²) in [5.74, 6) is -0.216. The van der Waals surface area contributed by atoms with E-state index in [2.05, 4.69) is 0 Å². The summed E-state index contributed by atoms with van der Waals surface area (Å²) in [6.45, 7) is 0. The summed E-state index contributed by atoms with van der Waals surface area (Å²) in [4.78, 5) is -0.0231. The van der Waals surface area contributed by atoms with Gasteiger partial charge in [-0.25, -0.2) is 8.42 Å². The highest BCUT2D eigenvalue weighted by Gasteiger charge is 2.43. The van der Waals surface area contributed by atoms with Crippen LogP contribution < -0.4 is 5.73 Å². The maximum Gasteiger partial charge on any atom is 0.179 e. The maximum absolute atomic E-state index is 11.5. The average molecular weight is 227 g/mol. The molecule has 82 valence electrons.